The topological polar surface area (TPSA) is 95.9 Å². The molecule has 2 atom stereocenters. The first-order valence-electron chi connectivity index (χ1n) is 22.7. The highest BCUT2D eigenvalue weighted by atomic mass is 16.5. The number of carbonyl (C=O) groups excluding carboxylic acids is 2. The maximum absolute atomic E-state index is 12.4. The van der Waals surface area contributed by atoms with Crippen LogP contribution in [0.4, 0.5) is 0 Å². The number of carbonyl (C=O) groups is 2. The Morgan fingerprint density at radius 2 is 0.962 bits per heavy atom. The fraction of sp³-hybridized carbons (Fsp3) is 0.830. The first-order chi connectivity index (χ1) is 26.0. The number of amides is 1. The minimum absolute atomic E-state index is 0.0386. The summed E-state index contributed by atoms with van der Waals surface area (Å²) in [6.07, 6.45) is 49.6. The molecule has 6 heteroatoms. The van der Waals surface area contributed by atoms with Crippen molar-refractivity contribution in [1.29, 1.82) is 0 Å². The van der Waals surface area contributed by atoms with Crippen LogP contribution < -0.4 is 5.32 Å². The number of esters is 1. The number of nitrogens with one attached hydrogen (secondary N) is 1. The van der Waals surface area contributed by atoms with Crippen molar-refractivity contribution < 1.29 is 24.5 Å². The zero-order valence-electron chi connectivity index (χ0n) is 35.0. The summed E-state index contributed by atoms with van der Waals surface area (Å²) in [6, 6.07) is -0.559. The van der Waals surface area contributed by atoms with Gasteiger partial charge in [-0.25, -0.2) is 0 Å². The monoisotopic (exact) mass is 746 g/mol. The van der Waals surface area contributed by atoms with Gasteiger partial charge in [0.25, 0.3) is 0 Å². The summed E-state index contributed by atoms with van der Waals surface area (Å²) in [6.45, 7) is 4.81. The summed E-state index contributed by atoms with van der Waals surface area (Å²) in [5.74, 6) is -0.104. The van der Waals surface area contributed by atoms with Gasteiger partial charge in [-0.05, 0) is 83.5 Å². The SMILES string of the molecule is CCCC/C=C\C/C=C\CCCCCCCC(=O)OCCCCC/C=C\CCCCCCCC(=O)NC(CO)C(O)CCCCCCCCCCCC. The van der Waals surface area contributed by atoms with Crippen molar-refractivity contribution in [2.45, 2.75) is 238 Å². The summed E-state index contributed by atoms with van der Waals surface area (Å²) >= 11 is 0. The van der Waals surface area contributed by atoms with E-state index in [9.17, 15) is 19.8 Å². The van der Waals surface area contributed by atoms with Crippen molar-refractivity contribution in [2.24, 2.45) is 0 Å². The van der Waals surface area contributed by atoms with Crippen molar-refractivity contribution in [3.8, 4) is 0 Å². The molecule has 3 N–H and O–H groups in total. The van der Waals surface area contributed by atoms with Gasteiger partial charge in [-0.3, -0.25) is 9.59 Å². The van der Waals surface area contributed by atoms with Gasteiger partial charge in [-0.2, -0.15) is 0 Å². The van der Waals surface area contributed by atoms with Gasteiger partial charge in [0.2, 0.25) is 5.91 Å². The number of hydrogen-bond donors (Lipinski definition) is 3. The molecule has 0 heterocycles. The van der Waals surface area contributed by atoms with Crippen LogP contribution in [0.5, 0.6) is 0 Å². The van der Waals surface area contributed by atoms with Crippen LogP contribution in [-0.2, 0) is 14.3 Å². The number of allylic oxidation sites excluding steroid dienone is 6. The Labute approximate surface area is 328 Å². The average molecular weight is 746 g/mol. The minimum Gasteiger partial charge on any atom is -0.466 e. The van der Waals surface area contributed by atoms with E-state index < -0.39 is 12.1 Å². The molecule has 0 spiro atoms. The Balaban J connectivity index is 3.53. The lowest BCUT2D eigenvalue weighted by Crippen LogP contribution is -2.45. The van der Waals surface area contributed by atoms with Crippen LogP contribution in [0.15, 0.2) is 36.5 Å². The number of hydrogen-bond acceptors (Lipinski definition) is 5. The Bertz CT molecular complexity index is 869. The highest BCUT2D eigenvalue weighted by molar-refractivity contribution is 5.76. The van der Waals surface area contributed by atoms with E-state index in [1.165, 1.54) is 103 Å². The molecule has 0 radical (unpaired) electrons. The Hall–Kier alpha value is -1.92. The summed E-state index contributed by atoms with van der Waals surface area (Å²) < 4.78 is 5.42. The zero-order valence-corrected chi connectivity index (χ0v) is 35.0. The lowest BCUT2D eigenvalue weighted by atomic mass is 10.0. The van der Waals surface area contributed by atoms with E-state index in [0.29, 0.717) is 25.9 Å². The summed E-state index contributed by atoms with van der Waals surface area (Å²) in [5.41, 5.74) is 0. The quantitative estimate of drug-likeness (QED) is 0.0329. The predicted molar refractivity (Wildman–Crippen MR) is 227 cm³/mol. The number of aliphatic hydroxyl groups excluding tert-OH is 2. The summed E-state index contributed by atoms with van der Waals surface area (Å²) in [7, 11) is 0. The Morgan fingerprint density at radius 3 is 1.51 bits per heavy atom. The molecule has 6 nitrogen and oxygen atoms in total. The normalized spacial score (nSPS) is 13.1. The minimum atomic E-state index is -0.679. The molecule has 1 amide bonds. The molecule has 0 aliphatic rings. The van der Waals surface area contributed by atoms with Crippen molar-refractivity contribution in [2.75, 3.05) is 13.2 Å². The number of ether oxygens (including phenoxy) is 1. The zero-order chi connectivity index (χ0) is 38.7. The molecule has 0 saturated heterocycles. The van der Waals surface area contributed by atoms with E-state index in [1.54, 1.807) is 0 Å². The van der Waals surface area contributed by atoms with Gasteiger partial charge in [0, 0.05) is 12.8 Å². The number of aliphatic hydroxyl groups is 2. The standard InChI is InChI=1S/C47H87NO5/c1-3-5-7-9-11-13-15-16-17-21-25-29-33-37-41-47(52)53-42-38-34-30-26-22-19-18-20-24-28-32-36-40-46(51)48-44(43-49)45(50)39-35-31-27-23-14-12-10-8-6-4-2/h9,11,15-16,19,22,44-45,49-50H,3-8,10,12-14,17-18,20-21,23-43H2,1-2H3,(H,48,51)/b11-9-,16-15-,22-19-. The van der Waals surface area contributed by atoms with Crippen LogP contribution in [0.3, 0.4) is 0 Å². The van der Waals surface area contributed by atoms with Gasteiger partial charge >= 0.3 is 5.97 Å². The van der Waals surface area contributed by atoms with Crippen molar-refractivity contribution in [1.82, 2.24) is 5.32 Å². The fourth-order valence-corrected chi connectivity index (χ4v) is 6.59. The van der Waals surface area contributed by atoms with Gasteiger partial charge in [0.1, 0.15) is 0 Å². The largest absolute Gasteiger partial charge is 0.466 e. The van der Waals surface area contributed by atoms with E-state index in [2.05, 4.69) is 55.6 Å². The van der Waals surface area contributed by atoms with Crippen LogP contribution in [0.2, 0.25) is 0 Å². The molecule has 53 heavy (non-hydrogen) atoms. The molecule has 0 saturated carbocycles. The van der Waals surface area contributed by atoms with Crippen LogP contribution >= 0.6 is 0 Å². The van der Waals surface area contributed by atoms with E-state index >= 15 is 0 Å². The fourth-order valence-electron chi connectivity index (χ4n) is 6.59. The molecular weight excluding hydrogens is 659 g/mol. The van der Waals surface area contributed by atoms with Crippen LogP contribution in [0.25, 0.3) is 0 Å². The molecule has 2 unspecified atom stereocenters. The molecule has 0 aromatic heterocycles. The smallest absolute Gasteiger partial charge is 0.305 e. The molecular formula is C47H87NO5. The predicted octanol–water partition coefficient (Wildman–Crippen LogP) is 12.9. The molecule has 0 bridgehead atoms. The van der Waals surface area contributed by atoms with Gasteiger partial charge in [-0.15, -0.1) is 0 Å². The summed E-state index contributed by atoms with van der Waals surface area (Å²) in [4.78, 5) is 24.3. The van der Waals surface area contributed by atoms with Crippen LogP contribution in [-0.4, -0.2) is 47.4 Å². The molecule has 0 aromatic rings. The molecule has 0 fully saturated rings. The molecule has 0 aliphatic carbocycles. The van der Waals surface area contributed by atoms with Crippen molar-refractivity contribution in [3.63, 3.8) is 0 Å². The molecule has 310 valence electrons. The highest BCUT2D eigenvalue weighted by Gasteiger charge is 2.20. The maximum atomic E-state index is 12.4. The van der Waals surface area contributed by atoms with E-state index in [-0.39, 0.29) is 18.5 Å². The molecule has 0 aromatic carbocycles. The second kappa shape index (κ2) is 42.8. The molecule has 0 aliphatic heterocycles. The van der Waals surface area contributed by atoms with Gasteiger partial charge in [0.15, 0.2) is 0 Å². The van der Waals surface area contributed by atoms with E-state index in [4.69, 9.17) is 4.74 Å². The number of unbranched alkanes of at least 4 members (excludes halogenated alkanes) is 24. The second-order valence-electron chi connectivity index (χ2n) is 15.4. The lowest BCUT2D eigenvalue weighted by molar-refractivity contribution is -0.143. The highest BCUT2D eigenvalue weighted by Crippen LogP contribution is 2.14. The summed E-state index contributed by atoms with van der Waals surface area (Å²) in [5, 5.41) is 23.0. The Kier molecular flexibility index (Phi) is 41.3. The first kappa shape index (κ1) is 51.1. The van der Waals surface area contributed by atoms with Gasteiger partial charge in [0.05, 0.1) is 25.4 Å². The third kappa shape index (κ3) is 39.6. The van der Waals surface area contributed by atoms with Crippen molar-refractivity contribution in [3.05, 3.63) is 36.5 Å². The van der Waals surface area contributed by atoms with Gasteiger partial charge in [-0.1, -0.05) is 166 Å². The second-order valence-corrected chi connectivity index (χ2v) is 15.4. The lowest BCUT2D eigenvalue weighted by Gasteiger charge is -2.22. The van der Waals surface area contributed by atoms with Gasteiger partial charge < -0.3 is 20.3 Å². The van der Waals surface area contributed by atoms with Crippen LogP contribution in [0, 0.1) is 0 Å². The Morgan fingerprint density at radius 1 is 0.528 bits per heavy atom. The van der Waals surface area contributed by atoms with E-state index in [1.807, 2.05) is 0 Å². The number of rotatable bonds is 41. The van der Waals surface area contributed by atoms with Crippen LogP contribution in [0.1, 0.15) is 226 Å². The average Bonchev–Trinajstić information content (AvgIpc) is 3.16. The van der Waals surface area contributed by atoms with Crippen molar-refractivity contribution >= 4 is 11.9 Å². The van der Waals surface area contributed by atoms with E-state index in [0.717, 1.165) is 89.9 Å². The molecule has 0 rings (SSSR count). The first-order valence-corrected chi connectivity index (χ1v) is 22.7. The maximum Gasteiger partial charge on any atom is 0.305 e. The third-order valence-corrected chi connectivity index (χ3v) is 10.2. The third-order valence-electron chi connectivity index (χ3n) is 10.2.